The average molecular weight is 442 g/mol. The van der Waals surface area contributed by atoms with E-state index >= 15 is 0 Å². The van der Waals surface area contributed by atoms with Gasteiger partial charge in [-0.1, -0.05) is 30.0 Å². The first kappa shape index (κ1) is 22.5. The number of carbonyl (C=O) groups is 2. The summed E-state index contributed by atoms with van der Waals surface area (Å²) in [4.78, 5) is 24.6. The zero-order valence-corrected chi connectivity index (χ0v) is 18.4. The molecule has 0 saturated carbocycles. The molecule has 3 rings (SSSR count). The van der Waals surface area contributed by atoms with Crippen molar-refractivity contribution in [2.24, 2.45) is 0 Å². The summed E-state index contributed by atoms with van der Waals surface area (Å²) in [6.07, 6.45) is 0. The van der Waals surface area contributed by atoms with Crippen molar-refractivity contribution in [2.75, 3.05) is 11.1 Å². The van der Waals surface area contributed by atoms with Crippen molar-refractivity contribution in [3.63, 3.8) is 0 Å². The van der Waals surface area contributed by atoms with Crippen LogP contribution in [0.2, 0.25) is 0 Å². The zero-order chi connectivity index (χ0) is 22.4. The van der Waals surface area contributed by atoms with E-state index in [-0.39, 0.29) is 23.8 Å². The number of benzene rings is 2. The third-order valence-electron chi connectivity index (χ3n) is 4.47. The summed E-state index contributed by atoms with van der Waals surface area (Å²) < 4.78 is 15.6. The Morgan fingerprint density at radius 2 is 1.81 bits per heavy atom. The Balaban J connectivity index is 1.58. The van der Waals surface area contributed by atoms with Gasteiger partial charge in [0.25, 0.3) is 5.91 Å². The van der Waals surface area contributed by atoms with E-state index in [0.29, 0.717) is 17.5 Å². The number of thioether (sulfide) groups is 1. The van der Waals surface area contributed by atoms with Crippen LogP contribution in [0.1, 0.15) is 34.2 Å². The van der Waals surface area contributed by atoms with Crippen molar-refractivity contribution in [2.45, 2.75) is 39.0 Å². The van der Waals surface area contributed by atoms with Gasteiger partial charge in [-0.2, -0.15) is 0 Å². The largest absolute Gasteiger partial charge is 0.345 e. The summed E-state index contributed by atoms with van der Waals surface area (Å²) >= 11 is 1.27. The van der Waals surface area contributed by atoms with Crippen molar-refractivity contribution < 1.29 is 14.0 Å². The number of hydrogen-bond acceptors (Lipinski definition) is 5. The summed E-state index contributed by atoms with van der Waals surface area (Å²) in [6, 6.07) is 11.7. The predicted octanol–water partition coefficient (Wildman–Crippen LogP) is 3.71. The Morgan fingerprint density at radius 1 is 1.10 bits per heavy atom. The number of anilines is 1. The maximum absolute atomic E-state index is 13.8. The van der Waals surface area contributed by atoms with E-state index in [4.69, 9.17) is 0 Å². The van der Waals surface area contributed by atoms with Gasteiger partial charge in [-0.15, -0.1) is 10.2 Å². The van der Waals surface area contributed by atoms with Gasteiger partial charge in [-0.25, -0.2) is 4.39 Å². The summed E-state index contributed by atoms with van der Waals surface area (Å²) in [5, 5.41) is 14.4. The van der Waals surface area contributed by atoms with Crippen molar-refractivity contribution in [1.29, 1.82) is 0 Å². The van der Waals surface area contributed by atoms with Crippen LogP contribution in [0.3, 0.4) is 0 Å². The first-order valence-electron chi connectivity index (χ1n) is 9.83. The lowest BCUT2D eigenvalue weighted by Crippen LogP contribution is -2.25. The maximum atomic E-state index is 13.8. The SMILES string of the molecule is CCn1c(CNC(=O)c2ccccc2F)nnc1SCC(=O)Nc1cc(C)cc(C)c1. The highest BCUT2D eigenvalue weighted by atomic mass is 32.2. The number of carbonyl (C=O) groups excluding carboxylic acids is 2. The Bertz CT molecular complexity index is 1080. The van der Waals surface area contributed by atoms with Crippen LogP contribution in [0.5, 0.6) is 0 Å². The molecule has 0 fully saturated rings. The van der Waals surface area contributed by atoms with Gasteiger partial charge < -0.3 is 15.2 Å². The minimum absolute atomic E-state index is 0.0253. The topological polar surface area (TPSA) is 88.9 Å². The van der Waals surface area contributed by atoms with Crippen LogP contribution >= 0.6 is 11.8 Å². The second kappa shape index (κ2) is 10.2. The van der Waals surface area contributed by atoms with Crippen LogP contribution in [-0.4, -0.2) is 32.3 Å². The fraction of sp³-hybridized carbons (Fsp3) is 0.273. The molecule has 2 amide bonds. The molecule has 0 radical (unpaired) electrons. The Labute approximate surface area is 184 Å². The molecule has 1 heterocycles. The van der Waals surface area contributed by atoms with Gasteiger partial charge in [-0.3, -0.25) is 9.59 Å². The molecule has 3 aromatic rings. The number of nitrogens with one attached hydrogen (secondary N) is 2. The van der Waals surface area contributed by atoms with Crippen LogP contribution in [0.4, 0.5) is 10.1 Å². The number of aromatic nitrogens is 3. The van der Waals surface area contributed by atoms with Crippen molar-refractivity contribution in [3.8, 4) is 0 Å². The molecule has 31 heavy (non-hydrogen) atoms. The van der Waals surface area contributed by atoms with E-state index in [1.807, 2.05) is 43.5 Å². The normalized spacial score (nSPS) is 10.7. The summed E-state index contributed by atoms with van der Waals surface area (Å²) in [5.74, 6) is -0.541. The molecule has 0 atom stereocenters. The molecule has 0 bridgehead atoms. The molecular formula is C22H24FN5O2S. The highest BCUT2D eigenvalue weighted by Gasteiger charge is 2.16. The molecule has 2 N–H and O–H groups in total. The van der Waals surface area contributed by atoms with E-state index in [1.165, 1.54) is 30.0 Å². The first-order chi connectivity index (χ1) is 14.9. The Morgan fingerprint density at radius 3 is 2.48 bits per heavy atom. The van der Waals surface area contributed by atoms with E-state index < -0.39 is 11.7 Å². The summed E-state index contributed by atoms with van der Waals surface area (Å²) in [5.41, 5.74) is 2.89. The number of amides is 2. The number of nitrogens with zero attached hydrogens (tertiary/aromatic N) is 3. The van der Waals surface area contributed by atoms with Crippen molar-refractivity contribution in [1.82, 2.24) is 20.1 Å². The highest BCUT2D eigenvalue weighted by molar-refractivity contribution is 7.99. The molecule has 0 aliphatic heterocycles. The lowest BCUT2D eigenvalue weighted by Gasteiger charge is -2.09. The van der Waals surface area contributed by atoms with Crippen LogP contribution in [0.25, 0.3) is 0 Å². The van der Waals surface area contributed by atoms with E-state index in [9.17, 15) is 14.0 Å². The van der Waals surface area contributed by atoms with Gasteiger partial charge in [0.05, 0.1) is 17.9 Å². The first-order valence-corrected chi connectivity index (χ1v) is 10.8. The van der Waals surface area contributed by atoms with Crippen molar-refractivity contribution in [3.05, 3.63) is 70.8 Å². The standard InChI is InChI=1S/C22H24FN5O2S/c1-4-28-19(12-24-21(30)17-7-5-6-8-18(17)23)26-27-22(28)31-13-20(29)25-16-10-14(2)9-15(3)11-16/h5-11H,4,12-13H2,1-3H3,(H,24,30)(H,25,29). The monoisotopic (exact) mass is 441 g/mol. The molecule has 0 aliphatic carbocycles. The van der Waals surface area contributed by atoms with Gasteiger partial charge in [0, 0.05) is 12.2 Å². The zero-order valence-electron chi connectivity index (χ0n) is 17.6. The van der Waals surface area contributed by atoms with Crippen LogP contribution in [0.15, 0.2) is 47.6 Å². The van der Waals surface area contributed by atoms with Crippen LogP contribution in [0, 0.1) is 19.7 Å². The summed E-state index contributed by atoms with van der Waals surface area (Å²) in [7, 11) is 0. The second-order valence-electron chi connectivity index (χ2n) is 7.02. The minimum atomic E-state index is -0.581. The molecule has 0 spiro atoms. The Kier molecular flexibility index (Phi) is 7.41. The lowest BCUT2D eigenvalue weighted by atomic mass is 10.1. The predicted molar refractivity (Wildman–Crippen MR) is 119 cm³/mol. The molecule has 0 aliphatic rings. The van der Waals surface area contributed by atoms with Gasteiger partial charge in [0.1, 0.15) is 5.82 Å². The highest BCUT2D eigenvalue weighted by Crippen LogP contribution is 2.19. The van der Waals surface area contributed by atoms with E-state index in [1.54, 1.807) is 6.07 Å². The molecule has 0 unspecified atom stereocenters. The van der Waals surface area contributed by atoms with Gasteiger partial charge in [0.2, 0.25) is 5.91 Å². The third-order valence-corrected chi connectivity index (χ3v) is 5.44. The number of halogens is 1. The molecule has 162 valence electrons. The molecule has 2 aromatic carbocycles. The molecular weight excluding hydrogens is 417 g/mol. The number of aryl methyl sites for hydroxylation is 2. The van der Waals surface area contributed by atoms with Gasteiger partial charge >= 0.3 is 0 Å². The number of hydrogen-bond donors (Lipinski definition) is 2. The average Bonchev–Trinajstić information content (AvgIpc) is 3.12. The quantitative estimate of drug-likeness (QED) is 0.520. The third kappa shape index (κ3) is 5.91. The van der Waals surface area contributed by atoms with Crippen LogP contribution in [-0.2, 0) is 17.9 Å². The lowest BCUT2D eigenvalue weighted by molar-refractivity contribution is -0.113. The van der Waals surface area contributed by atoms with Crippen LogP contribution < -0.4 is 10.6 Å². The van der Waals surface area contributed by atoms with E-state index in [2.05, 4.69) is 20.8 Å². The number of rotatable bonds is 8. The maximum Gasteiger partial charge on any atom is 0.254 e. The fourth-order valence-corrected chi connectivity index (χ4v) is 3.97. The second-order valence-corrected chi connectivity index (χ2v) is 7.96. The molecule has 7 nitrogen and oxygen atoms in total. The smallest absolute Gasteiger partial charge is 0.254 e. The van der Waals surface area contributed by atoms with Gasteiger partial charge in [-0.05, 0) is 56.2 Å². The van der Waals surface area contributed by atoms with Gasteiger partial charge in [0.15, 0.2) is 11.0 Å². The fourth-order valence-electron chi connectivity index (χ4n) is 3.15. The molecule has 1 aromatic heterocycles. The van der Waals surface area contributed by atoms with Crippen molar-refractivity contribution >= 4 is 29.3 Å². The molecule has 9 heteroatoms. The minimum Gasteiger partial charge on any atom is -0.345 e. The van der Waals surface area contributed by atoms with E-state index in [0.717, 1.165) is 16.8 Å². The Hall–Kier alpha value is -3.20. The molecule has 0 saturated heterocycles. The summed E-state index contributed by atoms with van der Waals surface area (Å²) in [6.45, 7) is 6.55.